The maximum absolute atomic E-state index is 13.3. The minimum atomic E-state index is -0.496. The van der Waals surface area contributed by atoms with Gasteiger partial charge >= 0.3 is 0 Å². The van der Waals surface area contributed by atoms with Crippen LogP contribution in [0.5, 0.6) is 0 Å². The molecule has 4 aromatic carbocycles. The fourth-order valence-electron chi connectivity index (χ4n) is 3.41. The van der Waals surface area contributed by atoms with Gasteiger partial charge in [-0.1, -0.05) is 63.9 Å². The highest BCUT2D eigenvalue weighted by molar-refractivity contribution is 9.10. The third-order valence-electron chi connectivity index (χ3n) is 5.30. The highest BCUT2D eigenvalue weighted by Gasteiger charge is 2.15. The van der Waals surface area contributed by atoms with Crippen molar-refractivity contribution in [3.05, 3.63) is 129 Å². The van der Waals surface area contributed by atoms with Crippen LogP contribution >= 0.6 is 39.3 Å². The molecule has 0 fully saturated rings. The molecule has 0 saturated heterocycles. The SMILES string of the molecule is O=C(CSc1cccc(NC(=O)/C(=C/c2ccc(Cl)cc2)NC(=O)c2ccccc2)c1)Nc1ccc(Br)cc1. The molecule has 0 atom stereocenters. The Morgan fingerprint density at radius 2 is 1.51 bits per heavy atom. The summed E-state index contributed by atoms with van der Waals surface area (Å²) in [4.78, 5) is 39.2. The average molecular weight is 621 g/mol. The molecule has 6 nitrogen and oxygen atoms in total. The van der Waals surface area contributed by atoms with Crippen LogP contribution in [0.3, 0.4) is 0 Å². The van der Waals surface area contributed by atoms with Gasteiger partial charge in [-0.3, -0.25) is 14.4 Å². The van der Waals surface area contributed by atoms with Gasteiger partial charge in [0.2, 0.25) is 5.91 Å². The normalized spacial score (nSPS) is 11.0. The van der Waals surface area contributed by atoms with Gasteiger partial charge in [0.05, 0.1) is 5.75 Å². The second-order valence-electron chi connectivity index (χ2n) is 8.26. The van der Waals surface area contributed by atoms with Crippen LogP contribution in [-0.2, 0) is 9.59 Å². The molecule has 0 aromatic heterocycles. The Morgan fingerprint density at radius 1 is 0.795 bits per heavy atom. The first-order valence-corrected chi connectivity index (χ1v) is 13.9. The van der Waals surface area contributed by atoms with Crippen LogP contribution < -0.4 is 16.0 Å². The Kier molecular flexibility index (Phi) is 9.97. The average Bonchev–Trinajstić information content (AvgIpc) is 2.94. The zero-order valence-electron chi connectivity index (χ0n) is 20.5. The molecule has 9 heteroatoms. The number of amides is 3. The number of nitrogens with one attached hydrogen (secondary N) is 3. The van der Waals surface area contributed by atoms with Crippen molar-refractivity contribution >= 4 is 74.5 Å². The fourth-order valence-corrected chi connectivity index (χ4v) is 4.55. The zero-order chi connectivity index (χ0) is 27.6. The number of carbonyl (C=O) groups is 3. The van der Waals surface area contributed by atoms with Crippen LogP contribution in [0.25, 0.3) is 6.08 Å². The van der Waals surface area contributed by atoms with Crippen LogP contribution in [0.15, 0.2) is 118 Å². The summed E-state index contributed by atoms with van der Waals surface area (Å²) in [6.45, 7) is 0. The first-order chi connectivity index (χ1) is 18.9. The van der Waals surface area contributed by atoms with Crippen molar-refractivity contribution in [2.75, 3.05) is 16.4 Å². The van der Waals surface area contributed by atoms with E-state index in [0.717, 1.165) is 9.37 Å². The highest BCUT2D eigenvalue weighted by Crippen LogP contribution is 2.23. The first kappa shape index (κ1) is 28.2. The summed E-state index contributed by atoms with van der Waals surface area (Å²) in [6.07, 6.45) is 1.58. The molecular weight excluding hydrogens is 598 g/mol. The van der Waals surface area contributed by atoms with E-state index in [9.17, 15) is 14.4 Å². The Bertz CT molecular complexity index is 1490. The molecule has 39 heavy (non-hydrogen) atoms. The van der Waals surface area contributed by atoms with E-state index < -0.39 is 11.8 Å². The minimum absolute atomic E-state index is 0.0677. The second kappa shape index (κ2) is 13.8. The maximum Gasteiger partial charge on any atom is 0.272 e. The van der Waals surface area contributed by atoms with Crippen molar-refractivity contribution in [3.63, 3.8) is 0 Å². The summed E-state index contributed by atoms with van der Waals surface area (Å²) in [5.41, 5.74) is 2.42. The van der Waals surface area contributed by atoms with Crippen LogP contribution in [0.2, 0.25) is 5.02 Å². The van der Waals surface area contributed by atoms with Gasteiger partial charge in [0, 0.05) is 31.3 Å². The zero-order valence-corrected chi connectivity index (χ0v) is 23.6. The number of hydrogen-bond donors (Lipinski definition) is 3. The maximum atomic E-state index is 13.3. The topological polar surface area (TPSA) is 87.3 Å². The number of rotatable bonds is 9. The van der Waals surface area contributed by atoms with Crippen molar-refractivity contribution in [1.82, 2.24) is 5.32 Å². The summed E-state index contributed by atoms with van der Waals surface area (Å²) in [7, 11) is 0. The Hall–Kier alpha value is -3.85. The summed E-state index contributed by atoms with van der Waals surface area (Å²) in [5.74, 6) is -0.854. The van der Waals surface area contributed by atoms with Crippen LogP contribution in [0.1, 0.15) is 15.9 Å². The van der Waals surface area contributed by atoms with E-state index >= 15 is 0 Å². The lowest BCUT2D eigenvalue weighted by Gasteiger charge is -2.12. The fraction of sp³-hybridized carbons (Fsp3) is 0.0333. The molecule has 4 aromatic rings. The van der Waals surface area contributed by atoms with E-state index in [1.165, 1.54) is 11.8 Å². The number of thioether (sulfide) groups is 1. The molecule has 0 aliphatic carbocycles. The van der Waals surface area contributed by atoms with E-state index in [4.69, 9.17) is 11.6 Å². The van der Waals surface area contributed by atoms with Crippen molar-refractivity contribution in [3.8, 4) is 0 Å². The Balaban J connectivity index is 1.44. The van der Waals surface area contributed by atoms with Gasteiger partial charge in [0.1, 0.15) is 5.70 Å². The quantitative estimate of drug-likeness (QED) is 0.136. The molecule has 0 saturated carbocycles. The summed E-state index contributed by atoms with van der Waals surface area (Å²) >= 11 is 10.7. The third-order valence-corrected chi connectivity index (χ3v) is 7.07. The Labute approximate surface area is 244 Å². The molecule has 4 rings (SSSR count). The van der Waals surface area contributed by atoms with E-state index in [2.05, 4.69) is 31.9 Å². The van der Waals surface area contributed by atoms with Crippen molar-refractivity contribution in [2.24, 2.45) is 0 Å². The summed E-state index contributed by atoms with van der Waals surface area (Å²) in [6, 6.07) is 30.0. The van der Waals surface area contributed by atoms with Gasteiger partial charge in [-0.05, 0) is 78.4 Å². The van der Waals surface area contributed by atoms with Gasteiger partial charge in [0.15, 0.2) is 0 Å². The molecule has 3 amide bonds. The van der Waals surface area contributed by atoms with Gasteiger partial charge in [-0.25, -0.2) is 0 Å². The Morgan fingerprint density at radius 3 is 2.23 bits per heavy atom. The van der Waals surface area contributed by atoms with E-state index in [1.807, 2.05) is 36.4 Å². The first-order valence-electron chi connectivity index (χ1n) is 11.8. The number of carbonyl (C=O) groups excluding carboxylic acids is 3. The lowest BCUT2D eigenvalue weighted by molar-refractivity contribution is -0.114. The molecule has 0 heterocycles. The number of hydrogen-bond acceptors (Lipinski definition) is 4. The van der Waals surface area contributed by atoms with E-state index in [1.54, 1.807) is 72.8 Å². The van der Waals surface area contributed by atoms with Crippen LogP contribution in [0.4, 0.5) is 11.4 Å². The molecule has 0 spiro atoms. The van der Waals surface area contributed by atoms with Gasteiger partial charge in [-0.15, -0.1) is 11.8 Å². The predicted molar refractivity (Wildman–Crippen MR) is 162 cm³/mol. The lowest BCUT2D eigenvalue weighted by atomic mass is 10.1. The van der Waals surface area contributed by atoms with Crippen LogP contribution in [-0.4, -0.2) is 23.5 Å². The molecule has 0 aliphatic heterocycles. The van der Waals surface area contributed by atoms with Gasteiger partial charge in [-0.2, -0.15) is 0 Å². The lowest BCUT2D eigenvalue weighted by Crippen LogP contribution is -2.30. The van der Waals surface area contributed by atoms with Crippen LogP contribution in [0, 0.1) is 0 Å². The molecule has 0 unspecified atom stereocenters. The summed E-state index contributed by atoms with van der Waals surface area (Å²) < 4.78 is 0.930. The highest BCUT2D eigenvalue weighted by atomic mass is 79.9. The second-order valence-corrected chi connectivity index (χ2v) is 10.7. The molecule has 196 valence electrons. The monoisotopic (exact) mass is 619 g/mol. The summed E-state index contributed by atoms with van der Waals surface area (Å²) in [5, 5.41) is 8.97. The number of halogens is 2. The molecule has 0 radical (unpaired) electrons. The van der Waals surface area contributed by atoms with Gasteiger partial charge < -0.3 is 16.0 Å². The smallest absolute Gasteiger partial charge is 0.272 e. The van der Waals surface area contributed by atoms with Gasteiger partial charge in [0.25, 0.3) is 11.8 Å². The van der Waals surface area contributed by atoms with E-state index in [-0.39, 0.29) is 17.4 Å². The molecular formula is C30H23BrClN3O3S. The third kappa shape index (κ3) is 8.85. The number of benzene rings is 4. The van der Waals surface area contributed by atoms with E-state index in [0.29, 0.717) is 27.5 Å². The van der Waals surface area contributed by atoms with Crippen molar-refractivity contribution < 1.29 is 14.4 Å². The standard InChI is InChI=1S/C30H23BrClN3O3S/c31-22-11-15-24(16-12-22)33-28(36)19-39-26-8-4-7-25(18-26)34-30(38)27(17-20-9-13-23(32)14-10-20)35-29(37)21-5-2-1-3-6-21/h1-18H,19H2,(H,33,36)(H,34,38)(H,35,37)/b27-17-. The molecule has 0 aliphatic rings. The molecule has 0 bridgehead atoms. The van der Waals surface area contributed by atoms with Crippen molar-refractivity contribution in [1.29, 1.82) is 0 Å². The largest absolute Gasteiger partial charge is 0.325 e. The predicted octanol–water partition coefficient (Wildman–Crippen LogP) is 7.24. The minimum Gasteiger partial charge on any atom is -0.325 e. The number of anilines is 2. The molecule has 3 N–H and O–H groups in total. The van der Waals surface area contributed by atoms with Crippen molar-refractivity contribution in [2.45, 2.75) is 4.90 Å².